The van der Waals surface area contributed by atoms with Crippen LogP contribution in [0.25, 0.3) is 10.9 Å². The fourth-order valence-corrected chi connectivity index (χ4v) is 2.80. The Labute approximate surface area is 155 Å². The number of aromatic amines is 1. The Morgan fingerprint density at radius 2 is 1.59 bits per heavy atom. The first-order chi connectivity index (χ1) is 13.2. The zero-order valence-corrected chi connectivity index (χ0v) is 14.3. The Morgan fingerprint density at radius 3 is 2.44 bits per heavy atom. The van der Waals surface area contributed by atoms with Gasteiger partial charge in [0.15, 0.2) is 0 Å². The van der Waals surface area contributed by atoms with E-state index < -0.39 is 5.91 Å². The second-order valence-electron chi connectivity index (χ2n) is 5.97. The molecule has 0 aliphatic heterocycles. The van der Waals surface area contributed by atoms with Gasteiger partial charge in [0.25, 0.3) is 5.91 Å². The largest absolute Gasteiger partial charge is 0.457 e. The minimum absolute atomic E-state index is 0.0584. The molecule has 5 heteroatoms. The third kappa shape index (κ3) is 3.57. The van der Waals surface area contributed by atoms with E-state index in [0.29, 0.717) is 28.1 Å². The van der Waals surface area contributed by atoms with Gasteiger partial charge in [-0.15, -0.1) is 0 Å². The first-order valence-corrected chi connectivity index (χ1v) is 8.45. The summed E-state index contributed by atoms with van der Waals surface area (Å²) in [6, 6.07) is 23.5. The SMILES string of the molecule is O=C(Nc1cccc(Oc2ccccc2)c1)c1c[nH]c2ccccc2c1=O. The summed E-state index contributed by atoms with van der Waals surface area (Å²) in [5.74, 6) is 0.817. The highest BCUT2D eigenvalue weighted by Gasteiger charge is 2.13. The molecular weight excluding hydrogens is 340 g/mol. The molecule has 0 fully saturated rings. The number of benzene rings is 3. The number of aromatic nitrogens is 1. The van der Waals surface area contributed by atoms with E-state index in [4.69, 9.17) is 4.74 Å². The van der Waals surface area contributed by atoms with Crippen LogP contribution < -0.4 is 15.5 Å². The molecule has 0 saturated carbocycles. The lowest BCUT2D eigenvalue weighted by molar-refractivity contribution is 0.102. The lowest BCUT2D eigenvalue weighted by Crippen LogP contribution is -2.21. The van der Waals surface area contributed by atoms with Crippen LogP contribution in [0.2, 0.25) is 0 Å². The third-order valence-electron chi connectivity index (χ3n) is 4.10. The van der Waals surface area contributed by atoms with Gasteiger partial charge in [-0.25, -0.2) is 0 Å². The van der Waals surface area contributed by atoms with Crippen LogP contribution in [0.1, 0.15) is 10.4 Å². The van der Waals surface area contributed by atoms with Crippen molar-refractivity contribution in [1.82, 2.24) is 4.98 Å². The average Bonchev–Trinajstić information content (AvgIpc) is 2.69. The molecule has 0 unspecified atom stereocenters. The molecule has 5 nitrogen and oxygen atoms in total. The van der Waals surface area contributed by atoms with Gasteiger partial charge in [0.05, 0.1) is 0 Å². The quantitative estimate of drug-likeness (QED) is 0.562. The number of pyridine rings is 1. The fraction of sp³-hybridized carbons (Fsp3) is 0. The molecule has 27 heavy (non-hydrogen) atoms. The number of amides is 1. The van der Waals surface area contributed by atoms with Crippen molar-refractivity contribution in [2.24, 2.45) is 0 Å². The Hall–Kier alpha value is -3.86. The average molecular weight is 356 g/mol. The van der Waals surface area contributed by atoms with Crippen molar-refractivity contribution >= 4 is 22.5 Å². The number of fused-ring (bicyclic) bond motifs is 1. The van der Waals surface area contributed by atoms with Crippen LogP contribution in [-0.4, -0.2) is 10.9 Å². The summed E-state index contributed by atoms with van der Waals surface area (Å²) in [5.41, 5.74) is 0.986. The molecule has 0 spiro atoms. The van der Waals surface area contributed by atoms with Crippen molar-refractivity contribution in [2.75, 3.05) is 5.32 Å². The normalized spacial score (nSPS) is 10.5. The summed E-state index contributed by atoms with van der Waals surface area (Å²) in [6.45, 7) is 0. The van der Waals surface area contributed by atoms with Gasteiger partial charge in [-0.1, -0.05) is 36.4 Å². The second-order valence-corrected chi connectivity index (χ2v) is 5.97. The molecule has 0 atom stereocenters. The van der Waals surface area contributed by atoms with E-state index in [-0.39, 0.29) is 11.0 Å². The molecule has 0 aliphatic carbocycles. The molecule has 4 rings (SSSR count). The standard InChI is InChI=1S/C22H16N2O3/c25-21-18-11-4-5-12-20(18)23-14-19(21)22(26)24-15-7-6-10-17(13-15)27-16-8-2-1-3-9-16/h1-14H,(H,23,25)(H,24,26). The predicted molar refractivity (Wildman–Crippen MR) is 105 cm³/mol. The number of rotatable bonds is 4. The van der Waals surface area contributed by atoms with Gasteiger partial charge in [0.2, 0.25) is 5.43 Å². The van der Waals surface area contributed by atoms with Crippen LogP contribution in [0.4, 0.5) is 5.69 Å². The van der Waals surface area contributed by atoms with Crippen molar-refractivity contribution in [1.29, 1.82) is 0 Å². The number of ether oxygens (including phenoxy) is 1. The zero-order chi connectivity index (χ0) is 18.6. The van der Waals surface area contributed by atoms with Crippen molar-refractivity contribution in [3.63, 3.8) is 0 Å². The van der Waals surface area contributed by atoms with Gasteiger partial charge >= 0.3 is 0 Å². The van der Waals surface area contributed by atoms with E-state index in [1.54, 1.807) is 42.5 Å². The molecule has 0 aliphatic rings. The molecule has 0 bridgehead atoms. The molecule has 1 amide bonds. The Bertz CT molecular complexity index is 1170. The molecule has 0 radical (unpaired) electrons. The summed E-state index contributed by atoms with van der Waals surface area (Å²) in [5, 5.41) is 3.23. The van der Waals surface area contributed by atoms with Crippen molar-refractivity contribution in [3.05, 3.63) is 101 Å². The monoisotopic (exact) mass is 356 g/mol. The van der Waals surface area contributed by atoms with Crippen LogP contribution in [0.5, 0.6) is 11.5 Å². The highest BCUT2D eigenvalue weighted by molar-refractivity contribution is 6.05. The zero-order valence-electron chi connectivity index (χ0n) is 14.3. The number of anilines is 1. The second kappa shape index (κ2) is 7.17. The Balaban J connectivity index is 1.57. The smallest absolute Gasteiger partial charge is 0.261 e. The third-order valence-corrected chi connectivity index (χ3v) is 4.10. The van der Waals surface area contributed by atoms with Crippen molar-refractivity contribution < 1.29 is 9.53 Å². The van der Waals surface area contributed by atoms with Crippen molar-refractivity contribution in [2.45, 2.75) is 0 Å². The first-order valence-electron chi connectivity index (χ1n) is 8.45. The molecule has 0 saturated heterocycles. The number of para-hydroxylation sites is 2. The summed E-state index contributed by atoms with van der Waals surface area (Å²) < 4.78 is 5.77. The minimum atomic E-state index is -0.473. The number of carbonyl (C=O) groups excluding carboxylic acids is 1. The summed E-state index contributed by atoms with van der Waals surface area (Å²) in [6.07, 6.45) is 1.43. The summed E-state index contributed by atoms with van der Waals surface area (Å²) in [4.78, 5) is 28.1. The van der Waals surface area contributed by atoms with Gasteiger partial charge in [0, 0.05) is 28.9 Å². The number of nitrogens with one attached hydrogen (secondary N) is 2. The lowest BCUT2D eigenvalue weighted by atomic mass is 10.1. The van der Waals surface area contributed by atoms with Crippen LogP contribution in [0.3, 0.4) is 0 Å². The Morgan fingerprint density at radius 1 is 0.852 bits per heavy atom. The van der Waals surface area contributed by atoms with E-state index in [0.717, 1.165) is 0 Å². The maximum Gasteiger partial charge on any atom is 0.261 e. The molecule has 132 valence electrons. The van der Waals surface area contributed by atoms with Crippen LogP contribution in [0, 0.1) is 0 Å². The Kier molecular flexibility index (Phi) is 4.41. The number of hydrogen-bond acceptors (Lipinski definition) is 3. The number of H-pyrrole nitrogens is 1. The summed E-state index contributed by atoms with van der Waals surface area (Å²) in [7, 11) is 0. The lowest BCUT2D eigenvalue weighted by Gasteiger charge is -2.09. The minimum Gasteiger partial charge on any atom is -0.457 e. The fourth-order valence-electron chi connectivity index (χ4n) is 2.80. The van der Waals surface area contributed by atoms with E-state index in [1.165, 1.54) is 6.20 Å². The number of hydrogen-bond donors (Lipinski definition) is 2. The van der Waals surface area contributed by atoms with Gasteiger partial charge in [-0.05, 0) is 36.4 Å². The van der Waals surface area contributed by atoms with E-state index in [2.05, 4.69) is 10.3 Å². The van der Waals surface area contributed by atoms with Crippen LogP contribution >= 0.6 is 0 Å². The van der Waals surface area contributed by atoms with Gasteiger partial charge in [0.1, 0.15) is 17.1 Å². The van der Waals surface area contributed by atoms with Crippen LogP contribution in [-0.2, 0) is 0 Å². The molecule has 4 aromatic rings. The highest BCUT2D eigenvalue weighted by Crippen LogP contribution is 2.24. The van der Waals surface area contributed by atoms with Crippen molar-refractivity contribution in [3.8, 4) is 11.5 Å². The molecule has 1 heterocycles. The van der Waals surface area contributed by atoms with Gasteiger partial charge in [-0.2, -0.15) is 0 Å². The molecule has 3 aromatic carbocycles. The topological polar surface area (TPSA) is 71.2 Å². The van der Waals surface area contributed by atoms with Gasteiger partial charge in [-0.3, -0.25) is 9.59 Å². The highest BCUT2D eigenvalue weighted by atomic mass is 16.5. The van der Waals surface area contributed by atoms with Crippen LogP contribution in [0.15, 0.2) is 89.9 Å². The van der Waals surface area contributed by atoms with E-state index in [1.807, 2.05) is 36.4 Å². The predicted octanol–water partition coefficient (Wildman–Crippen LogP) is 4.57. The maximum atomic E-state index is 12.6. The summed E-state index contributed by atoms with van der Waals surface area (Å²) >= 11 is 0. The van der Waals surface area contributed by atoms with Gasteiger partial charge < -0.3 is 15.0 Å². The first kappa shape index (κ1) is 16.6. The molecular formula is C22H16N2O3. The van der Waals surface area contributed by atoms with E-state index >= 15 is 0 Å². The number of carbonyl (C=O) groups is 1. The molecule has 2 N–H and O–H groups in total. The maximum absolute atomic E-state index is 12.6. The van der Waals surface area contributed by atoms with E-state index in [9.17, 15) is 9.59 Å². The molecule has 1 aromatic heterocycles.